The number of nitrogens with zero attached hydrogens (tertiary/aromatic N) is 2. The molecule has 1 aromatic rings. The van der Waals surface area contributed by atoms with Crippen LogP contribution in [0.15, 0.2) is 0 Å². The fraction of sp³-hybridized carbons (Fsp3) is 0.800. The zero-order chi connectivity index (χ0) is 14.2. The van der Waals surface area contributed by atoms with Crippen molar-refractivity contribution < 1.29 is 0 Å². The number of aromatic nitrogens is 2. The summed E-state index contributed by atoms with van der Waals surface area (Å²) in [6, 6.07) is 0. The highest BCUT2D eigenvalue weighted by Gasteiger charge is 2.10. The Kier molecular flexibility index (Phi) is 6.83. The van der Waals surface area contributed by atoms with Gasteiger partial charge in [-0.05, 0) is 32.4 Å². The van der Waals surface area contributed by atoms with Gasteiger partial charge in [-0.25, -0.2) is 4.98 Å². The SMILES string of the molecule is CCCCc1nc(Cl)c(CNCCN2CCCCC2)[nH]1. The minimum Gasteiger partial charge on any atom is -0.344 e. The zero-order valence-electron chi connectivity index (χ0n) is 12.6. The minimum absolute atomic E-state index is 0.626. The van der Waals surface area contributed by atoms with Crippen LogP contribution in [-0.2, 0) is 13.0 Å². The van der Waals surface area contributed by atoms with Gasteiger partial charge in [0.2, 0.25) is 0 Å². The summed E-state index contributed by atoms with van der Waals surface area (Å²) in [7, 11) is 0. The Balaban J connectivity index is 1.66. The van der Waals surface area contributed by atoms with Crippen LogP contribution in [0.25, 0.3) is 0 Å². The second kappa shape index (κ2) is 8.65. The maximum absolute atomic E-state index is 6.16. The number of rotatable bonds is 8. The van der Waals surface area contributed by atoms with Crippen LogP contribution >= 0.6 is 11.6 Å². The lowest BCUT2D eigenvalue weighted by Gasteiger charge is -2.26. The fourth-order valence-electron chi connectivity index (χ4n) is 2.65. The van der Waals surface area contributed by atoms with Crippen molar-refractivity contribution in [3.8, 4) is 0 Å². The van der Waals surface area contributed by atoms with Crippen molar-refractivity contribution in [2.75, 3.05) is 26.2 Å². The number of halogens is 1. The molecule has 0 aromatic carbocycles. The molecule has 1 fully saturated rings. The van der Waals surface area contributed by atoms with E-state index in [0.717, 1.165) is 44.0 Å². The molecule has 5 heteroatoms. The van der Waals surface area contributed by atoms with Crippen molar-refractivity contribution in [1.82, 2.24) is 20.2 Å². The molecule has 0 aliphatic carbocycles. The molecule has 1 aromatic heterocycles. The number of likely N-dealkylation sites (tertiary alicyclic amines) is 1. The molecule has 20 heavy (non-hydrogen) atoms. The number of nitrogens with one attached hydrogen (secondary N) is 2. The van der Waals surface area contributed by atoms with Crippen molar-refractivity contribution in [2.24, 2.45) is 0 Å². The summed E-state index contributed by atoms with van der Waals surface area (Å²) in [6.07, 6.45) is 7.44. The lowest BCUT2D eigenvalue weighted by atomic mass is 10.1. The number of unbranched alkanes of at least 4 members (excludes halogenated alkanes) is 1. The average molecular weight is 299 g/mol. The van der Waals surface area contributed by atoms with Gasteiger partial charge in [0, 0.05) is 26.1 Å². The first-order valence-corrected chi connectivity index (χ1v) is 8.33. The number of aromatic amines is 1. The van der Waals surface area contributed by atoms with Gasteiger partial charge in [-0.2, -0.15) is 0 Å². The van der Waals surface area contributed by atoms with Gasteiger partial charge in [-0.15, -0.1) is 0 Å². The third-order valence-electron chi connectivity index (χ3n) is 3.90. The standard InChI is InChI=1S/C15H27ClN4/c1-2-3-7-14-18-13(15(16)19-14)12-17-8-11-20-9-5-4-6-10-20/h17H,2-12H2,1H3,(H,18,19). The van der Waals surface area contributed by atoms with E-state index in [4.69, 9.17) is 11.6 Å². The summed E-state index contributed by atoms with van der Waals surface area (Å²) >= 11 is 6.16. The number of piperidine rings is 1. The Bertz CT molecular complexity index is 385. The molecule has 1 aliphatic heterocycles. The summed E-state index contributed by atoms with van der Waals surface area (Å²) in [5.74, 6) is 1.02. The Morgan fingerprint density at radius 2 is 2.10 bits per heavy atom. The van der Waals surface area contributed by atoms with Gasteiger partial charge in [0.05, 0.1) is 5.69 Å². The Morgan fingerprint density at radius 1 is 1.30 bits per heavy atom. The molecule has 2 heterocycles. The molecule has 2 N–H and O–H groups in total. The highest BCUT2D eigenvalue weighted by molar-refractivity contribution is 6.30. The molecule has 0 atom stereocenters. The molecule has 0 bridgehead atoms. The van der Waals surface area contributed by atoms with Crippen LogP contribution in [0, 0.1) is 0 Å². The highest BCUT2D eigenvalue weighted by Crippen LogP contribution is 2.14. The number of aryl methyl sites for hydroxylation is 1. The first kappa shape index (κ1) is 15.8. The van der Waals surface area contributed by atoms with Crippen molar-refractivity contribution >= 4 is 11.6 Å². The van der Waals surface area contributed by atoms with Gasteiger partial charge >= 0.3 is 0 Å². The Morgan fingerprint density at radius 3 is 2.85 bits per heavy atom. The molecule has 4 nitrogen and oxygen atoms in total. The monoisotopic (exact) mass is 298 g/mol. The van der Waals surface area contributed by atoms with Crippen LogP contribution in [0.1, 0.15) is 50.5 Å². The lowest BCUT2D eigenvalue weighted by molar-refractivity contribution is 0.229. The molecule has 1 aliphatic rings. The molecule has 0 unspecified atom stereocenters. The maximum Gasteiger partial charge on any atom is 0.151 e. The molecule has 2 rings (SSSR count). The van der Waals surface area contributed by atoms with E-state index in [1.165, 1.54) is 38.8 Å². The van der Waals surface area contributed by atoms with E-state index in [1.807, 2.05) is 0 Å². The van der Waals surface area contributed by atoms with Crippen molar-refractivity contribution in [3.63, 3.8) is 0 Å². The van der Waals surface area contributed by atoms with Gasteiger partial charge in [0.15, 0.2) is 5.15 Å². The summed E-state index contributed by atoms with van der Waals surface area (Å²) in [5, 5.41) is 4.09. The third kappa shape index (κ3) is 5.08. The predicted octanol–water partition coefficient (Wildman–Crippen LogP) is 2.98. The first-order valence-electron chi connectivity index (χ1n) is 7.96. The molecular formula is C15H27ClN4. The fourth-order valence-corrected chi connectivity index (χ4v) is 2.87. The second-order valence-electron chi connectivity index (χ2n) is 5.64. The van der Waals surface area contributed by atoms with Crippen molar-refractivity contribution in [1.29, 1.82) is 0 Å². The molecular weight excluding hydrogens is 272 g/mol. The number of hydrogen-bond donors (Lipinski definition) is 2. The van der Waals surface area contributed by atoms with Crippen molar-refractivity contribution in [3.05, 3.63) is 16.7 Å². The summed E-state index contributed by atoms with van der Waals surface area (Å²) < 4.78 is 0. The van der Waals surface area contributed by atoms with E-state index >= 15 is 0 Å². The minimum atomic E-state index is 0.626. The van der Waals surface area contributed by atoms with Gasteiger partial charge < -0.3 is 15.2 Å². The maximum atomic E-state index is 6.16. The summed E-state index contributed by atoms with van der Waals surface area (Å²) in [4.78, 5) is 10.3. The quantitative estimate of drug-likeness (QED) is 0.725. The van der Waals surface area contributed by atoms with E-state index in [9.17, 15) is 0 Å². The van der Waals surface area contributed by atoms with Gasteiger partial charge in [-0.1, -0.05) is 31.4 Å². The number of hydrogen-bond acceptors (Lipinski definition) is 3. The third-order valence-corrected chi connectivity index (χ3v) is 4.21. The normalized spacial score (nSPS) is 16.7. The number of H-pyrrole nitrogens is 1. The van der Waals surface area contributed by atoms with Gasteiger partial charge in [0.25, 0.3) is 0 Å². The predicted molar refractivity (Wildman–Crippen MR) is 84.2 cm³/mol. The van der Waals surface area contributed by atoms with Crippen LogP contribution in [-0.4, -0.2) is 41.0 Å². The van der Waals surface area contributed by atoms with E-state index in [2.05, 4.69) is 27.1 Å². The molecule has 0 amide bonds. The first-order chi connectivity index (χ1) is 9.79. The lowest BCUT2D eigenvalue weighted by Crippen LogP contribution is -2.35. The van der Waals surface area contributed by atoms with E-state index in [-0.39, 0.29) is 0 Å². The van der Waals surface area contributed by atoms with Gasteiger partial charge in [-0.3, -0.25) is 0 Å². The van der Waals surface area contributed by atoms with Crippen molar-refractivity contribution in [2.45, 2.75) is 52.0 Å². The second-order valence-corrected chi connectivity index (χ2v) is 5.99. The molecule has 1 saturated heterocycles. The van der Waals surface area contributed by atoms with Crippen LogP contribution in [0.4, 0.5) is 0 Å². The average Bonchev–Trinajstić information content (AvgIpc) is 2.83. The molecule has 0 spiro atoms. The van der Waals surface area contributed by atoms with Crippen LogP contribution < -0.4 is 5.32 Å². The molecule has 0 saturated carbocycles. The highest BCUT2D eigenvalue weighted by atomic mass is 35.5. The van der Waals surface area contributed by atoms with Crippen LogP contribution in [0.3, 0.4) is 0 Å². The topological polar surface area (TPSA) is 44.0 Å². The smallest absolute Gasteiger partial charge is 0.151 e. The van der Waals surface area contributed by atoms with E-state index in [0.29, 0.717) is 5.15 Å². The van der Waals surface area contributed by atoms with Crippen LogP contribution in [0.5, 0.6) is 0 Å². The van der Waals surface area contributed by atoms with Crippen LogP contribution in [0.2, 0.25) is 5.15 Å². The molecule has 0 radical (unpaired) electrons. The van der Waals surface area contributed by atoms with E-state index < -0.39 is 0 Å². The molecule has 114 valence electrons. The Labute approximate surface area is 127 Å². The summed E-state index contributed by atoms with van der Waals surface area (Å²) in [6.45, 7) is 7.63. The largest absolute Gasteiger partial charge is 0.344 e. The zero-order valence-corrected chi connectivity index (χ0v) is 13.3. The van der Waals surface area contributed by atoms with E-state index in [1.54, 1.807) is 0 Å². The Hall–Kier alpha value is -0.580. The summed E-state index contributed by atoms with van der Waals surface area (Å²) in [5.41, 5.74) is 1.02. The van der Waals surface area contributed by atoms with Gasteiger partial charge in [0.1, 0.15) is 5.82 Å². The number of imidazole rings is 1.